The number of carbonyl (C=O) groups excluding carboxylic acids is 1. The summed E-state index contributed by atoms with van der Waals surface area (Å²) < 4.78 is 36.6. The molecule has 0 fully saturated rings. The normalized spacial score (nSPS) is 12.7. The van der Waals surface area contributed by atoms with E-state index in [9.17, 15) is 18.0 Å². The summed E-state index contributed by atoms with van der Waals surface area (Å²) in [7, 11) is 0. The van der Waals surface area contributed by atoms with Crippen LogP contribution in [0.2, 0.25) is 0 Å². The van der Waals surface area contributed by atoms with Gasteiger partial charge in [-0.2, -0.15) is 13.2 Å². The lowest BCUT2D eigenvalue weighted by Gasteiger charge is -2.17. The molecular formula is C30H59F3N2O. The molecule has 0 aromatic carbocycles. The van der Waals surface area contributed by atoms with Crippen molar-refractivity contribution in [2.24, 2.45) is 5.92 Å². The summed E-state index contributed by atoms with van der Waals surface area (Å²) in [6, 6.07) is 0. The fourth-order valence-electron chi connectivity index (χ4n) is 4.88. The van der Waals surface area contributed by atoms with E-state index in [0.29, 0.717) is 6.42 Å². The van der Waals surface area contributed by atoms with E-state index < -0.39 is 12.1 Å². The summed E-state index contributed by atoms with van der Waals surface area (Å²) in [6.07, 6.45) is 22.9. The van der Waals surface area contributed by atoms with E-state index in [-0.39, 0.29) is 6.54 Å². The van der Waals surface area contributed by atoms with Gasteiger partial charge in [0.1, 0.15) is 0 Å². The molecular weight excluding hydrogens is 461 g/mol. The predicted molar refractivity (Wildman–Crippen MR) is 148 cm³/mol. The number of unbranched alkanes of at least 4 members (excludes halogenated alkanes) is 15. The number of nitrogens with one attached hydrogen (secondary N) is 2. The quantitative estimate of drug-likeness (QED) is 0.106. The predicted octanol–water partition coefficient (Wildman–Crippen LogP) is 9.49. The van der Waals surface area contributed by atoms with Crippen LogP contribution in [0.25, 0.3) is 0 Å². The molecule has 2 N–H and O–H groups in total. The monoisotopic (exact) mass is 520 g/mol. The first-order valence-electron chi connectivity index (χ1n) is 15.5. The van der Waals surface area contributed by atoms with Crippen molar-refractivity contribution < 1.29 is 18.0 Å². The zero-order valence-corrected chi connectivity index (χ0v) is 23.8. The molecule has 0 spiro atoms. The topological polar surface area (TPSA) is 41.1 Å². The van der Waals surface area contributed by atoms with Crippen LogP contribution in [0, 0.1) is 5.92 Å². The molecule has 0 heterocycles. The van der Waals surface area contributed by atoms with Crippen LogP contribution in [0.1, 0.15) is 155 Å². The lowest BCUT2D eigenvalue weighted by molar-refractivity contribution is -0.173. The minimum atomic E-state index is -4.77. The van der Waals surface area contributed by atoms with Gasteiger partial charge in [0.15, 0.2) is 0 Å². The summed E-state index contributed by atoms with van der Waals surface area (Å²) >= 11 is 0. The largest absolute Gasteiger partial charge is 0.471 e. The van der Waals surface area contributed by atoms with Crippen molar-refractivity contribution in [1.82, 2.24) is 10.6 Å². The number of amides is 1. The maximum atomic E-state index is 12.2. The Morgan fingerprint density at radius 3 is 1.36 bits per heavy atom. The summed E-state index contributed by atoms with van der Waals surface area (Å²) in [5.74, 6) is -1.03. The molecule has 36 heavy (non-hydrogen) atoms. The van der Waals surface area contributed by atoms with Crippen LogP contribution in [0.5, 0.6) is 0 Å². The van der Waals surface area contributed by atoms with E-state index in [2.05, 4.69) is 19.2 Å². The van der Waals surface area contributed by atoms with Crippen molar-refractivity contribution in [3.8, 4) is 0 Å². The Hall–Kier alpha value is -0.780. The smallest absolute Gasteiger partial charge is 0.348 e. The van der Waals surface area contributed by atoms with Gasteiger partial charge in [-0.25, -0.2) is 0 Å². The van der Waals surface area contributed by atoms with Crippen molar-refractivity contribution in [2.75, 3.05) is 19.6 Å². The van der Waals surface area contributed by atoms with Gasteiger partial charge < -0.3 is 10.6 Å². The van der Waals surface area contributed by atoms with Gasteiger partial charge in [-0.15, -0.1) is 0 Å². The highest BCUT2D eigenvalue weighted by molar-refractivity contribution is 5.81. The van der Waals surface area contributed by atoms with Gasteiger partial charge in [-0.1, -0.05) is 136 Å². The lowest BCUT2D eigenvalue weighted by atomic mass is 9.89. The Morgan fingerprint density at radius 2 is 0.917 bits per heavy atom. The van der Waals surface area contributed by atoms with Crippen LogP contribution in [-0.2, 0) is 4.79 Å². The fourth-order valence-corrected chi connectivity index (χ4v) is 4.88. The maximum Gasteiger partial charge on any atom is 0.471 e. The number of halogens is 3. The van der Waals surface area contributed by atoms with E-state index in [4.69, 9.17) is 0 Å². The third-order valence-corrected chi connectivity index (χ3v) is 7.22. The molecule has 0 aliphatic heterocycles. The van der Waals surface area contributed by atoms with Crippen LogP contribution in [0.15, 0.2) is 0 Å². The van der Waals surface area contributed by atoms with Crippen LogP contribution in [-0.4, -0.2) is 31.7 Å². The average Bonchev–Trinajstić information content (AvgIpc) is 2.84. The maximum absolute atomic E-state index is 12.2. The van der Waals surface area contributed by atoms with E-state index in [1.165, 1.54) is 122 Å². The van der Waals surface area contributed by atoms with Crippen molar-refractivity contribution >= 4 is 5.91 Å². The first-order valence-corrected chi connectivity index (χ1v) is 15.5. The molecule has 0 radical (unpaired) electrons. The minimum Gasteiger partial charge on any atom is -0.348 e. The Bertz CT molecular complexity index is 472. The second-order valence-corrected chi connectivity index (χ2v) is 10.7. The Balaban J connectivity index is 3.76. The van der Waals surface area contributed by atoms with Crippen LogP contribution in [0.3, 0.4) is 0 Å². The van der Waals surface area contributed by atoms with Crippen molar-refractivity contribution in [3.63, 3.8) is 0 Å². The van der Waals surface area contributed by atoms with Gasteiger partial charge in [0.25, 0.3) is 0 Å². The number of rotatable bonds is 27. The number of alkyl halides is 3. The van der Waals surface area contributed by atoms with Gasteiger partial charge in [0, 0.05) is 6.54 Å². The van der Waals surface area contributed by atoms with Gasteiger partial charge >= 0.3 is 12.1 Å². The molecule has 0 aliphatic carbocycles. The molecule has 0 rings (SSSR count). The third kappa shape index (κ3) is 24.9. The molecule has 3 nitrogen and oxygen atoms in total. The number of hydrogen-bond donors (Lipinski definition) is 2. The molecule has 1 unspecified atom stereocenters. The molecule has 0 aliphatic rings. The Kier molecular flexibility index (Phi) is 25.3. The summed E-state index contributed by atoms with van der Waals surface area (Å²) in [5.41, 5.74) is 0. The summed E-state index contributed by atoms with van der Waals surface area (Å²) in [4.78, 5) is 10.8. The fraction of sp³-hybridized carbons (Fsp3) is 0.967. The summed E-state index contributed by atoms with van der Waals surface area (Å²) in [6.45, 7) is 6.95. The molecule has 0 bridgehead atoms. The SMILES string of the molecule is CCCCCCCCCNCCCCCCC(CCCCCC)CCCCCCNC(=O)C(F)(F)F. The molecule has 216 valence electrons. The van der Waals surface area contributed by atoms with Crippen LogP contribution < -0.4 is 10.6 Å². The molecule has 1 amide bonds. The molecule has 0 saturated carbocycles. The van der Waals surface area contributed by atoms with Gasteiger partial charge in [-0.05, 0) is 38.3 Å². The number of carbonyl (C=O) groups is 1. The van der Waals surface area contributed by atoms with Gasteiger partial charge in [-0.3, -0.25) is 4.79 Å². The van der Waals surface area contributed by atoms with Crippen LogP contribution >= 0.6 is 0 Å². The molecule has 0 aromatic rings. The molecule has 1 atom stereocenters. The van der Waals surface area contributed by atoms with E-state index in [1.54, 1.807) is 0 Å². The van der Waals surface area contributed by atoms with Crippen LogP contribution in [0.4, 0.5) is 13.2 Å². The van der Waals surface area contributed by atoms with E-state index >= 15 is 0 Å². The molecule has 6 heteroatoms. The molecule has 0 aromatic heterocycles. The third-order valence-electron chi connectivity index (χ3n) is 7.22. The highest BCUT2D eigenvalue weighted by atomic mass is 19.4. The second kappa shape index (κ2) is 25.9. The van der Waals surface area contributed by atoms with Crippen molar-refractivity contribution in [3.05, 3.63) is 0 Å². The van der Waals surface area contributed by atoms with Gasteiger partial charge in [0.2, 0.25) is 0 Å². The highest BCUT2D eigenvalue weighted by Gasteiger charge is 2.38. The Labute approximate surface area is 221 Å². The second-order valence-electron chi connectivity index (χ2n) is 10.7. The lowest BCUT2D eigenvalue weighted by Crippen LogP contribution is -2.37. The summed E-state index contributed by atoms with van der Waals surface area (Å²) in [5, 5.41) is 5.57. The first-order chi connectivity index (χ1) is 17.4. The van der Waals surface area contributed by atoms with E-state index in [0.717, 1.165) is 31.7 Å². The molecule has 0 saturated heterocycles. The van der Waals surface area contributed by atoms with E-state index in [1.807, 2.05) is 5.32 Å². The van der Waals surface area contributed by atoms with Crippen molar-refractivity contribution in [1.29, 1.82) is 0 Å². The first kappa shape index (κ1) is 35.2. The standard InChI is InChI=1S/C30H59F3N2O/c1-3-5-7-9-10-13-19-25-34-26-20-14-11-17-23-28(22-16-8-6-4-2)24-18-12-15-21-27-35-29(36)30(31,32)33/h28,34H,3-27H2,1-2H3,(H,35,36). The van der Waals surface area contributed by atoms with Gasteiger partial charge in [0.05, 0.1) is 0 Å². The zero-order valence-electron chi connectivity index (χ0n) is 23.8. The average molecular weight is 521 g/mol. The van der Waals surface area contributed by atoms with Crippen molar-refractivity contribution in [2.45, 2.75) is 161 Å². The number of hydrogen-bond acceptors (Lipinski definition) is 2. The zero-order chi connectivity index (χ0) is 26.7. The Morgan fingerprint density at radius 1 is 0.556 bits per heavy atom. The highest BCUT2D eigenvalue weighted by Crippen LogP contribution is 2.24. The minimum absolute atomic E-state index is 0.118.